The Morgan fingerprint density at radius 1 is 1.17 bits per heavy atom. The number of ether oxygens (including phenoxy) is 1. The van der Waals surface area contributed by atoms with E-state index in [0.29, 0.717) is 5.88 Å². The van der Waals surface area contributed by atoms with Crippen LogP contribution in [-0.2, 0) is 5.88 Å². The molecule has 0 spiro atoms. The molecule has 94 valence electrons. The molecule has 0 aliphatic rings. The van der Waals surface area contributed by atoms with Crippen molar-refractivity contribution in [3.8, 4) is 5.75 Å². The Kier molecular flexibility index (Phi) is 4.05. The third-order valence-corrected chi connectivity index (χ3v) is 3.01. The highest BCUT2D eigenvalue weighted by Gasteiger charge is 2.06. The first kappa shape index (κ1) is 12.7. The van der Waals surface area contributed by atoms with Gasteiger partial charge in [0.15, 0.2) is 0 Å². The van der Waals surface area contributed by atoms with Crippen molar-refractivity contribution in [3.63, 3.8) is 0 Å². The number of hydrogen-bond donors (Lipinski definition) is 0. The third-order valence-electron chi connectivity index (χ3n) is 2.73. The Bertz CT molecular complexity index is 513. The summed E-state index contributed by atoms with van der Waals surface area (Å²) in [5.74, 6) is 2.14. The number of alkyl halides is 1. The SMILES string of the molecule is COc1ccc(N(C)c2cccc(CCl)n2)cc1. The molecule has 1 aromatic carbocycles. The molecule has 3 nitrogen and oxygen atoms in total. The smallest absolute Gasteiger partial charge is 0.133 e. The van der Waals surface area contributed by atoms with E-state index in [2.05, 4.69) is 4.98 Å². The second-order valence-corrected chi connectivity index (χ2v) is 4.15. The number of rotatable bonds is 4. The molecule has 0 radical (unpaired) electrons. The number of nitrogens with zero attached hydrogens (tertiary/aromatic N) is 2. The van der Waals surface area contributed by atoms with Crippen LogP contribution in [0, 0.1) is 0 Å². The zero-order chi connectivity index (χ0) is 13.0. The molecule has 0 aliphatic carbocycles. The Morgan fingerprint density at radius 3 is 2.50 bits per heavy atom. The summed E-state index contributed by atoms with van der Waals surface area (Å²) in [5.41, 5.74) is 1.92. The molecular formula is C14H15ClN2O. The second-order valence-electron chi connectivity index (χ2n) is 3.88. The molecule has 0 unspecified atom stereocenters. The van der Waals surface area contributed by atoms with Crippen molar-refractivity contribution in [2.45, 2.75) is 5.88 Å². The molecule has 2 aromatic rings. The van der Waals surface area contributed by atoms with E-state index in [0.717, 1.165) is 22.9 Å². The van der Waals surface area contributed by atoms with Crippen LogP contribution in [0.2, 0.25) is 0 Å². The van der Waals surface area contributed by atoms with Gasteiger partial charge in [0.1, 0.15) is 11.6 Å². The first-order valence-electron chi connectivity index (χ1n) is 5.64. The minimum atomic E-state index is 0.421. The summed E-state index contributed by atoms with van der Waals surface area (Å²) in [6.45, 7) is 0. The molecule has 0 amide bonds. The van der Waals surface area contributed by atoms with Crippen molar-refractivity contribution >= 4 is 23.1 Å². The van der Waals surface area contributed by atoms with Crippen molar-refractivity contribution in [3.05, 3.63) is 48.2 Å². The quantitative estimate of drug-likeness (QED) is 0.788. The zero-order valence-corrected chi connectivity index (χ0v) is 11.2. The molecule has 0 bridgehead atoms. The normalized spacial score (nSPS) is 10.2. The summed E-state index contributed by atoms with van der Waals surface area (Å²) in [4.78, 5) is 6.48. The van der Waals surface area contributed by atoms with Crippen LogP contribution >= 0.6 is 11.6 Å². The van der Waals surface area contributed by atoms with Gasteiger partial charge in [0.2, 0.25) is 0 Å². The summed E-state index contributed by atoms with van der Waals surface area (Å²) in [7, 11) is 3.63. The molecule has 2 rings (SSSR count). The molecule has 0 N–H and O–H groups in total. The van der Waals surface area contributed by atoms with Crippen LogP contribution in [0.5, 0.6) is 5.75 Å². The summed E-state index contributed by atoms with van der Waals surface area (Å²) in [6, 6.07) is 13.7. The number of anilines is 2. The number of benzene rings is 1. The second kappa shape index (κ2) is 5.74. The van der Waals surface area contributed by atoms with E-state index in [1.165, 1.54) is 0 Å². The fraction of sp³-hybridized carbons (Fsp3) is 0.214. The van der Waals surface area contributed by atoms with Gasteiger partial charge in [-0.25, -0.2) is 4.98 Å². The van der Waals surface area contributed by atoms with Gasteiger partial charge in [-0.2, -0.15) is 0 Å². The molecule has 4 heteroatoms. The van der Waals surface area contributed by atoms with E-state index in [4.69, 9.17) is 16.3 Å². The summed E-state index contributed by atoms with van der Waals surface area (Å²) in [5, 5.41) is 0. The molecule has 0 fully saturated rings. The monoisotopic (exact) mass is 262 g/mol. The van der Waals surface area contributed by atoms with Crippen LogP contribution in [-0.4, -0.2) is 19.1 Å². The van der Waals surface area contributed by atoms with E-state index in [-0.39, 0.29) is 0 Å². The Morgan fingerprint density at radius 2 is 1.89 bits per heavy atom. The molecule has 18 heavy (non-hydrogen) atoms. The number of methoxy groups -OCH3 is 1. The first-order chi connectivity index (χ1) is 8.74. The molecule has 0 saturated carbocycles. The van der Waals surface area contributed by atoms with Gasteiger partial charge in [-0.1, -0.05) is 6.07 Å². The Labute approximate surface area is 112 Å². The van der Waals surface area contributed by atoms with Gasteiger partial charge < -0.3 is 9.64 Å². The van der Waals surface area contributed by atoms with E-state index in [1.54, 1.807) is 7.11 Å². The summed E-state index contributed by atoms with van der Waals surface area (Å²) in [6.07, 6.45) is 0. The van der Waals surface area contributed by atoms with Gasteiger partial charge in [0.25, 0.3) is 0 Å². The first-order valence-corrected chi connectivity index (χ1v) is 6.17. The number of halogens is 1. The highest BCUT2D eigenvalue weighted by molar-refractivity contribution is 6.16. The van der Waals surface area contributed by atoms with Gasteiger partial charge in [-0.3, -0.25) is 0 Å². The van der Waals surface area contributed by atoms with Crippen molar-refractivity contribution < 1.29 is 4.74 Å². The average molecular weight is 263 g/mol. The van der Waals surface area contributed by atoms with Crippen molar-refractivity contribution in [2.24, 2.45) is 0 Å². The number of hydrogen-bond acceptors (Lipinski definition) is 3. The van der Waals surface area contributed by atoms with Crippen molar-refractivity contribution in [1.29, 1.82) is 0 Å². The van der Waals surface area contributed by atoms with Gasteiger partial charge in [0, 0.05) is 12.7 Å². The lowest BCUT2D eigenvalue weighted by molar-refractivity contribution is 0.415. The highest BCUT2D eigenvalue weighted by Crippen LogP contribution is 2.24. The maximum absolute atomic E-state index is 5.79. The van der Waals surface area contributed by atoms with Gasteiger partial charge >= 0.3 is 0 Å². The van der Waals surface area contributed by atoms with E-state index in [1.807, 2.05) is 54.4 Å². The number of pyridine rings is 1. The molecular weight excluding hydrogens is 248 g/mol. The number of aromatic nitrogens is 1. The van der Waals surface area contributed by atoms with Gasteiger partial charge in [0.05, 0.1) is 18.7 Å². The Hall–Kier alpha value is -1.74. The predicted octanol–water partition coefficient (Wildman–Crippen LogP) is 3.60. The standard InChI is InChI=1S/C14H15ClN2O/c1-17(12-6-8-13(18-2)9-7-12)14-5-3-4-11(10-15)16-14/h3-9H,10H2,1-2H3. The van der Waals surface area contributed by atoms with E-state index >= 15 is 0 Å². The Balaban J connectivity index is 2.25. The van der Waals surface area contributed by atoms with Crippen molar-refractivity contribution in [1.82, 2.24) is 4.98 Å². The molecule has 1 aromatic heterocycles. The van der Waals surface area contributed by atoms with Crippen LogP contribution in [0.3, 0.4) is 0 Å². The van der Waals surface area contributed by atoms with Crippen LogP contribution in [0.4, 0.5) is 11.5 Å². The fourth-order valence-electron chi connectivity index (χ4n) is 1.67. The third kappa shape index (κ3) is 2.74. The van der Waals surface area contributed by atoms with Gasteiger partial charge in [-0.05, 0) is 36.4 Å². The summed E-state index contributed by atoms with van der Waals surface area (Å²) >= 11 is 5.79. The van der Waals surface area contributed by atoms with E-state index < -0.39 is 0 Å². The molecule has 0 saturated heterocycles. The van der Waals surface area contributed by atoms with Crippen LogP contribution < -0.4 is 9.64 Å². The highest BCUT2D eigenvalue weighted by atomic mass is 35.5. The van der Waals surface area contributed by atoms with E-state index in [9.17, 15) is 0 Å². The maximum Gasteiger partial charge on any atom is 0.133 e. The minimum Gasteiger partial charge on any atom is -0.497 e. The maximum atomic E-state index is 5.79. The van der Waals surface area contributed by atoms with Crippen LogP contribution in [0.25, 0.3) is 0 Å². The largest absolute Gasteiger partial charge is 0.497 e. The minimum absolute atomic E-state index is 0.421. The van der Waals surface area contributed by atoms with Gasteiger partial charge in [-0.15, -0.1) is 11.6 Å². The fourth-order valence-corrected chi connectivity index (χ4v) is 1.82. The predicted molar refractivity (Wildman–Crippen MR) is 74.9 cm³/mol. The lowest BCUT2D eigenvalue weighted by Crippen LogP contribution is -2.11. The molecule has 0 aliphatic heterocycles. The van der Waals surface area contributed by atoms with Crippen LogP contribution in [0.15, 0.2) is 42.5 Å². The average Bonchev–Trinajstić information content (AvgIpc) is 2.46. The molecule has 1 heterocycles. The topological polar surface area (TPSA) is 25.4 Å². The zero-order valence-electron chi connectivity index (χ0n) is 10.4. The van der Waals surface area contributed by atoms with Crippen LogP contribution in [0.1, 0.15) is 5.69 Å². The van der Waals surface area contributed by atoms with Crippen molar-refractivity contribution in [2.75, 3.05) is 19.1 Å². The lowest BCUT2D eigenvalue weighted by Gasteiger charge is -2.19. The molecule has 0 atom stereocenters. The lowest BCUT2D eigenvalue weighted by atomic mass is 10.2. The summed E-state index contributed by atoms with van der Waals surface area (Å²) < 4.78 is 5.14.